The number of carbonyl (C=O) groups excluding carboxylic acids is 1. The van der Waals surface area contributed by atoms with Crippen molar-refractivity contribution < 1.29 is 14.3 Å². The summed E-state index contributed by atoms with van der Waals surface area (Å²) in [7, 11) is 0. The van der Waals surface area contributed by atoms with E-state index in [1.807, 2.05) is 0 Å². The summed E-state index contributed by atoms with van der Waals surface area (Å²) in [6.07, 6.45) is 7.75. The first-order valence-electron chi connectivity index (χ1n) is 7.57. The summed E-state index contributed by atoms with van der Waals surface area (Å²) in [5.41, 5.74) is 5.29. The van der Waals surface area contributed by atoms with Gasteiger partial charge in [-0.1, -0.05) is 0 Å². The molecule has 19 heavy (non-hydrogen) atoms. The van der Waals surface area contributed by atoms with Crippen LogP contribution in [0.5, 0.6) is 0 Å². The van der Waals surface area contributed by atoms with Crippen molar-refractivity contribution in [3.63, 3.8) is 0 Å². The summed E-state index contributed by atoms with van der Waals surface area (Å²) in [5, 5.41) is 0. The number of hydrogen-bond donors (Lipinski definition) is 1. The highest BCUT2D eigenvalue weighted by molar-refractivity contribution is 5.73. The van der Waals surface area contributed by atoms with Gasteiger partial charge in [0.25, 0.3) is 0 Å². The lowest BCUT2D eigenvalue weighted by molar-refractivity contribution is -0.119. The molecule has 4 heteroatoms. The molecule has 0 atom stereocenters. The molecule has 110 valence electrons. The highest BCUT2D eigenvalue weighted by atomic mass is 16.5. The second-order valence-corrected chi connectivity index (χ2v) is 6.44. The van der Waals surface area contributed by atoms with E-state index in [1.165, 1.54) is 38.5 Å². The number of ether oxygens (including phenoxy) is 2. The third kappa shape index (κ3) is 5.49. The third-order valence-corrected chi connectivity index (χ3v) is 4.43. The lowest BCUT2D eigenvalue weighted by Crippen LogP contribution is -2.24. The minimum atomic E-state index is -0.283. The molecule has 2 N–H and O–H groups in total. The summed E-state index contributed by atoms with van der Waals surface area (Å²) < 4.78 is 11.5. The van der Waals surface area contributed by atoms with Crippen LogP contribution in [-0.2, 0) is 14.3 Å². The van der Waals surface area contributed by atoms with E-state index in [0.717, 1.165) is 19.1 Å². The molecule has 2 rings (SSSR count). The van der Waals surface area contributed by atoms with Crippen LogP contribution in [0.4, 0.5) is 0 Å². The third-order valence-electron chi connectivity index (χ3n) is 4.43. The summed E-state index contributed by atoms with van der Waals surface area (Å²) in [6.45, 7) is 4.40. The van der Waals surface area contributed by atoms with Crippen LogP contribution in [-0.4, -0.2) is 31.3 Å². The SMILES string of the molecule is CC1(OCC2CCC(COCCC(N)=O)CC2)CC1. The van der Waals surface area contributed by atoms with Gasteiger partial charge in [0.05, 0.1) is 18.8 Å². The molecule has 0 unspecified atom stereocenters. The quantitative estimate of drug-likeness (QED) is 0.687. The molecule has 4 nitrogen and oxygen atoms in total. The van der Waals surface area contributed by atoms with E-state index in [4.69, 9.17) is 15.2 Å². The average molecular weight is 269 g/mol. The molecule has 2 aliphatic rings. The lowest BCUT2D eigenvalue weighted by atomic mass is 9.83. The molecule has 2 aliphatic carbocycles. The van der Waals surface area contributed by atoms with Crippen molar-refractivity contribution in [1.82, 2.24) is 0 Å². The second kappa shape index (κ2) is 6.71. The fourth-order valence-electron chi connectivity index (χ4n) is 2.63. The Morgan fingerprint density at radius 1 is 1.16 bits per heavy atom. The van der Waals surface area contributed by atoms with Crippen LogP contribution in [0.3, 0.4) is 0 Å². The maximum absolute atomic E-state index is 10.6. The standard InChI is InChI=1S/C15H27NO3/c1-15(7-8-15)19-11-13-4-2-12(3-5-13)10-18-9-6-14(16)17/h12-13H,2-11H2,1H3,(H2,16,17). The largest absolute Gasteiger partial charge is 0.381 e. The van der Waals surface area contributed by atoms with Gasteiger partial charge in [0, 0.05) is 13.0 Å². The summed E-state index contributed by atoms with van der Waals surface area (Å²) in [4.78, 5) is 10.6. The van der Waals surface area contributed by atoms with Crippen LogP contribution >= 0.6 is 0 Å². The van der Waals surface area contributed by atoms with Gasteiger partial charge in [-0.2, -0.15) is 0 Å². The molecule has 0 aromatic carbocycles. The van der Waals surface area contributed by atoms with E-state index >= 15 is 0 Å². The van der Waals surface area contributed by atoms with Crippen molar-refractivity contribution in [1.29, 1.82) is 0 Å². The van der Waals surface area contributed by atoms with E-state index in [1.54, 1.807) is 0 Å². The zero-order valence-electron chi connectivity index (χ0n) is 12.0. The van der Waals surface area contributed by atoms with Crippen LogP contribution in [0.25, 0.3) is 0 Å². The first-order valence-corrected chi connectivity index (χ1v) is 7.57. The molecule has 0 heterocycles. The smallest absolute Gasteiger partial charge is 0.219 e. The van der Waals surface area contributed by atoms with Gasteiger partial charge in [-0.25, -0.2) is 0 Å². The van der Waals surface area contributed by atoms with E-state index in [0.29, 0.717) is 18.9 Å². The van der Waals surface area contributed by atoms with E-state index < -0.39 is 0 Å². The van der Waals surface area contributed by atoms with Crippen molar-refractivity contribution in [2.45, 2.75) is 57.5 Å². The monoisotopic (exact) mass is 269 g/mol. The Labute approximate surface area is 116 Å². The molecule has 1 amide bonds. The predicted octanol–water partition coefficient (Wildman–Crippen LogP) is 2.25. The van der Waals surface area contributed by atoms with Gasteiger partial charge >= 0.3 is 0 Å². The Balaban J connectivity index is 1.51. The number of nitrogens with two attached hydrogens (primary N) is 1. The highest BCUT2D eigenvalue weighted by Gasteiger charge is 2.39. The molecule has 2 fully saturated rings. The van der Waals surface area contributed by atoms with Gasteiger partial charge in [0.1, 0.15) is 0 Å². The van der Waals surface area contributed by atoms with Crippen LogP contribution in [0, 0.1) is 11.8 Å². The maximum Gasteiger partial charge on any atom is 0.219 e. The Morgan fingerprint density at radius 3 is 2.26 bits per heavy atom. The van der Waals surface area contributed by atoms with Gasteiger partial charge in [0.15, 0.2) is 0 Å². The molecule has 0 bridgehead atoms. The molecule has 2 saturated carbocycles. The van der Waals surface area contributed by atoms with Crippen molar-refractivity contribution in [3.8, 4) is 0 Å². The maximum atomic E-state index is 10.6. The summed E-state index contributed by atoms with van der Waals surface area (Å²) in [6, 6.07) is 0. The van der Waals surface area contributed by atoms with Gasteiger partial charge in [-0.05, 0) is 57.3 Å². The predicted molar refractivity (Wildman–Crippen MR) is 73.7 cm³/mol. The molecule has 0 aromatic rings. The number of rotatable bonds is 8. The number of primary amides is 1. The first-order chi connectivity index (χ1) is 9.07. The Hall–Kier alpha value is -0.610. The molecule has 0 spiro atoms. The number of amides is 1. The van der Waals surface area contributed by atoms with Crippen LogP contribution in [0.15, 0.2) is 0 Å². The van der Waals surface area contributed by atoms with Gasteiger partial charge in [-0.3, -0.25) is 4.79 Å². The second-order valence-electron chi connectivity index (χ2n) is 6.44. The number of hydrogen-bond acceptors (Lipinski definition) is 3. The Kier molecular flexibility index (Phi) is 5.22. The van der Waals surface area contributed by atoms with Crippen molar-refractivity contribution >= 4 is 5.91 Å². The van der Waals surface area contributed by atoms with Crippen molar-refractivity contribution in [2.75, 3.05) is 19.8 Å². The zero-order chi connectivity index (χ0) is 13.7. The molecule has 0 radical (unpaired) electrons. The minimum Gasteiger partial charge on any atom is -0.381 e. The lowest BCUT2D eigenvalue weighted by Gasteiger charge is -2.29. The molecule has 0 aromatic heterocycles. The minimum absolute atomic E-state index is 0.217. The van der Waals surface area contributed by atoms with Crippen LogP contribution in [0.1, 0.15) is 51.9 Å². The summed E-state index contributed by atoms with van der Waals surface area (Å²) in [5.74, 6) is 1.11. The number of carbonyl (C=O) groups is 1. The molecule has 0 aliphatic heterocycles. The normalized spacial score (nSPS) is 29.1. The van der Waals surface area contributed by atoms with Crippen LogP contribution in [0.2, 0.25) is 0 Å². The Bertz CT molecular complexity index is 294. The summed E-state index contributed by atoms with van der Waals surface area (Å²) >= 11 is 0. The molecule has 0 saturated heterocycles. The topological polar surface area (TPSA) is 61.6 Å². The fraction of sp³-hybridized carbons (Fsp3) is 0.933. The van der Waals surface area contributed by atoms with Crippen molar-refractivity contribution in [2.24, 2.45) is 17.6 Å². The van der Waals surface area contributed by atoms with E-state index in [2.05, 4.69) is 6.92 Å². The van der Waals surface area contributed by atoms with Gasteiger partial charge in [0.2, 0.25) is 5.91 Å². The fourth-order valence-corrected chi connectivity index (χ4v) is 2.63. The molecular formula is C15H27NO3. The van der Waals surface area contributed by atoms with Gasteiger partial charge < -0.3 is 15.2 Å². The first kappa shape index (κ1) is 14.8. The highest BCUT2D eigenvalue weighted by Crippen LogP contribution is 2.40. The van der Waals surface area contributed by atoms with Crippen LogP contribution < -0.4 is 5.73 Å². The van der Waals surface area contributed by atoms with Crippen molar-refractivity contribution in [3.05, 3.63) is 0 Å². The molecular weight excluding hydrogens is 242 g/mol. The van der Waals surface area contributed by atoms with E-state index in [-0.39, 0.29) is 11.5 Å². The average Bonchev–Trinajstić information content (AvgIpc) is 3.12. The van der Waals surface area contributed by atoms with E-state index in [9.17, 15) is 4.79 Å². The van der Waals surface area contributed by atoms with Gasteiger partial charge in [-0.15, -0.1) is 0 Å². The Morgan fingerprint density at radius 2 is 1.74 bits per heavy atom. The zero-order valence-corrected chi connectivity index (χ0v) is 12.0.